The van der Waals surface area contributed by atoms with Gasteiger partial charge in [-0.2, -0.15) is 0 Å². The van der Waals surface area contributed by atoms with E-state index in [1.54, 1.807) is 0 Å². The maximum atomic E-state index is 4.36. The van der Waals surface area contributed by atoms with E-state index in [0.717, 1.165) is 18.0 Å². The number of hydrogen-bond acceptors (Lipinski definition) is 3. The van der Waals surface area contributed by atoms with Crippen molar-refractivity contribution in [2.45, 2.75) is 38.6 Å². The topological polar surface area (TPSA) is 42.2 Å². The molecule has 1 aliphatic rings. The summed E-state index contributed by atoms with van der Waals surface area (Å²) in [4.78, 5) is 0. The van der Waals surface area contributed by atoms with E-state index in [1.807, 2.05) is 0 Å². The third-order valence-electron chi connectivity index (χ3n) is 3.44. The Hall–Kier alpha value is -1.42. The molecule has 4 nitrogen and oxygen atoms in total. The second kappa shape index (κ2) is 4.11. The van der Waals surface area contributed by atoms with Gasteiger partial charge in [0.05, 0.1) is 0 Å². The smallest absolute Gasteiger partial charge is 0.165 e. The molecule has 90 valence electrons. The van der Waals surface area contributed by atoms with Crippen LogP contribution < -0.4 is 5.32 Å². The highest BCUT2D eigenvalue weighted by Gasteiger charge is 2.21. The van der Waals surface area contributed by atoms with Crippen molar-refractivity contribution < 1.29 is 0 Å². The zero-order valence-electron chi connectivity index (χ0n) is 10.3. The van der Waals surface area contributed by atoms with Crippen molar-refractivity contribution >= 4 is 5.65 Å². The summed E-state index contributed by atoms with van der Waals surface area (Å²) in [6, 6.07) is 4.71. The molecule has 1 atom stereocenters. The van der Waals surface area contributed by atoms with E-state index in [-0.39, 0.29) is 0 Å². The Morgan fingerprint density at radius 1 is 1.41 bits per heavy atom. The lowest BCUT2D eigenvalue weighted by Crippen LogP contribution is -2.14. The molecule has 1 unspecified atom stereocenters. The lowest BCUT2D eigenvalue weighted by molar-refractivity contribution is 0.648. The monoisotopic (exact) mass is 230 g/mol. The van der Waals surface area contributed by atoms with Crippen LogP contribution >= 0.6 is 0 Å². The third kappa shape index (κ3) is 1.72. The van der Waals surface area contributed by atoms with Crippen LogP contribution in [0.4, 0.5) is 0 Å². The van der Waals surface area contributed by atoms with Gasteiger partial charge in [0.25, 0.3) is 0 Å². The molecule has 2 aromatic heterocycles. The highest BCUT2D eigenvalue weighted by atomic mass is 15.2. The van der Waals surface area contributed by atoms with Gasteiger partial charge in [-0.05, 0) is 25.5 Å². The van der Waals surface area contributed by atoms with Gasteiger partial charge in [-0.3, -0.25) is 4.40 Å². The van der Waals surface area contributed by atoms with E-state index in [1.165, 1.54) is 18.4 Å². The fourth-order valence-electron chi connectivity index (χ4n) is 2.57. The first-order valence-electron chi connectivity index (χ1n) is 6.34. The van der Waals surface area contributed by atoms with Gasteiger partial charge in [0.15, 0.2) is 5.65 Å². The van der Waals surface area contributed by atoms with Gasteiger partial charge in [0.2, 0.25) is 0 Å². The van der Waals surface area contributed by atoms with Crippen LogP contribution in [0.25, 0.3) is 5.65 Å². The van der Waals surface area contributed by atoms with Crippen LogP contribution in [0.2, 0.25) is 0 Å². The lowest BCUT2D eigenvalue weighted by atomic mass is 10.1. The van der Waals surface area contributed by atoms with Crippen LogP contribution in [-0.4, -0.2) is 21.1 Å². The molecule has 0 saturated carbocycles. The number of nitrogens with one attached hydrogen (secondary N) is 1. The van der Waals surface area contributed by atoms with Crippen molar-refractivity contribution in [1.29, 1.82) is 0 Å². The first-order valence-corrected chi connectivity index (χ1v) is 6.34. The zero-order valence-corrected chi connectivity index (χ0v) is 10.3. The largest absolute Gasteiger partial charge is 0.310 e. The van der Waals surface area contributed by atoms with Crippen molar-refractivity contribution in [3.05, 3.63) is 29.7 Å². The van der Waals surface area contributed by atoms with Gasteiger partial charge >= 0.3 is 0 Å². The first kappa shape index (κ1) is 10.7. The minimum absolute atomic E-state index is 0.400. The van der Waals surface area contributed by atoms with Crippen LogP contribution in [0, 0.1) is 0 Å². The molecule has 2 aromatic rings. The van der Waals surface area contributed by atoms with Crippen molar-refractivity contribution in [1.82, 2.24) is 19.9 Å². The number of hydrogen-bond donors (Lipinski definition) is 1. The first-order chi connectivity index (χ1) is 8.27. The van der Waals surface area contributed by atoms with Gasteiger partial charge in [-0.15, -0.1) is 10.2 Å². The summed E-state index contributed by atoms with van der Waals surface area (Å²) in [5, 5.41) is 12.2. The van der Waals surface area contributed by atoms with E-state index >= 15 is 0 Å². The Morgan fingerprint density at radius 3 is 3.00 bits per heavy atom. The van der Waals surface area contributed by atoms with Crippen LogP contribution in [0.1, 0.15) is 50.0 Å². The van der Waals surface area contributed by atoms with Crippen LogP contribution in [-0.2, 0) is 0 Å². The van der Waals surface area contributed by atoms with Crippen LogP contribution in [0.3, 0.4) is 0 Å². The maximum Gasteiger partial charge on any atom is 0.165 e. The molecular weight excluding hydrogens is 212 g/mol. The Labute approximate surface area is 101 Å². The zero-order chi connectivity index (χ0) is 11.8. The highest BCUT2D eigenvalue weighted by Crippen LogP contribution is 2.26. The maximum absolute atomic E-state index is 4.36. The quantitative estimate of drug-likeness (QED) is 0.860. The Morgan fingerprint density at radius 2 is 2.29 bits per heavy atom. The Balaban J connectivity index is 2.13. The molecule has 1 fully saturated rings. The van der Waals surface area contributed by atoms with E-state index < -0.39 is 0 Å². The standard InChI is InChI=1S/C13H18N4/c1-9(2)12-15-16-13-10(5-4-8-17(12)13)11-6-3-7-14-11/h4-5,8-9,11,14H,3,6-7H2,1-2H3. The molecule has 0 aliphatic carbocycles. The van der Waals surface area contributed by atoms with Gasteiger partial charge in [0, 0.05) is 23.7 Å². The number of fused-ring (bicyclic) bond motifs is 1. The molecule has 3 rings (SSSR count). The molecule has 17 heavy (non-hydrogen) atoms. The minimum Gasteiger partial charge on any atom is -0.310 e. The van der Waals surface area contributed by atoms with E-state index in [2.05, 4.69) is 52.1 Å². The fourth-order valence-corrected chi connectivity index (χ4v) is 2.57. The second-order valence-electron chi connectivity index (χ2n) is 5.02. The summed E-state index contributed by atoms with van der Waals surface area (Å²) >= 11 is 0. The van der Waals surface area contributed by atoms with Gasteiger partial charge in [0.1, 0.15) is 5.82 Å². The third-order valence-corrected chi connectivity index (χ3v) is 3.44. The summed E-state index contributed by atoms with van der Waals surface area (Å²) in [5.74, 6) is 1.44. The summed E-state index contributed by atoms with van der Waals surface area (Å²) in [6.45, 7) is 5.41. The minimum atomic E-state index is 0.400. The normalized spacial score (nSPS) is 20.5. The second-order valence-corrected chi connectivity index (χ2v) is 5.02. The number of rotatable bonds is 2. The fraction of sp³-hybridized carbons (Fsp3) is 0.538. The summed E-state index contributed by atoms with van der Waals surface area (Å²) < 4.78 is 2.12. The predicted octanol–water partition coefficient (Wildman–Crippen LogP) is 2.28. The molecule has 0 spiro atoms. The molecule has 0 aromatic carbocycles. The summed E-state index contributed by atoms with van der Waals surface area (Å²) in [6.07, 6.45) is 4.50. The molecule has 1 aliphatic heterocycles. The van der Waals surface area contributed by atoms with Crippen molar-refractivity contribution in [3.63, 3.8) is 0 Å². The van der Waals surface area contributed by atoms with Crippen LogP contribution in [0.15, 0.2) is 18.3 Å². The van der Waals surface area contributed by atoms with E-state index in [4.69, 9.17) is 0 Å². The van der Waals surface area contributed by atoms with E-state index in [9.17, 15) is 0 Å². The lowest BCUT2D eigenvalue weighted by Gasteiger charge is -2.11. The van der Waals surface area contributed by atoms with Crippen LogP contribution in [0.5, 0.6) is 0 Å². The van der Waals surface area contributed by atoms with Crippen molar-refractivity contribution in [2.75, 3.05) is 6.54 Å². The highest BCUT2D eigenvalue weighted by molar-refractivity contribution is 5.49. The molecule has 1 saturated heterocycles. The number of aromatic nitrogens is 3. The van der Waals surface area contributed by atoms with Gasteiger partial charge in [-0.1, -0.05) is 19.9 Å². The molecule has 0 amide bonds. The average molecular weight is 230 g/mol. The molecular formula is C13H18N4. The Kier molecular flexibility index (Phi) is 2.59. The summed E-state index contributed by atoms with van der Waals surface area (Å²) in [7, 11) is 0. The van der Waals surface area contributed by atoms with E-state index in [0.29, 0.717) is 12.0 Å². The molecule has 0 radical (unpaired) electrons. The van der Waals surface area contributed by atoms with Gasteiger partial charge in [-0.25, -0.2) is 0 Å². The molecule has 3 heterocycles. The molecule has 4 heteroatoms. The Bertz CT molecular complexity index is 523. The molecule has 1 N–H and O–H groups in total. The number of nitrogens with zero attached hydrogens (tertiary/aromatic N) is 3. The van der Waals surface area contributed by atoms with Crippen molar-refractivity contribution in [2.24, 2.45) is 0 Å². The van der Waals surface area contributed by atoms with Gasteiger partial charge < -0.3 is 5.32 Å². The average Bonchev–Trinajstić information content (AvgIpc) is 2.97. The SMILES string of the molecule is CC(C)c1nnc2c(C3CCCN3)cccn12. The number of pyridine rings is 1. The summed E-state index contributed by atoms with van der Waals surface area (Å²) in [5.41, 5.74) is 2.29. The van der Waals surface area contributed by atoms with Crippen molar-refractivity contribution in [3.8, 4) is 0 Å². The predicted molar refractivity (Wildman–Crippen MR) is 67.1 cm³/mol. The molecule has 0 bridgehead atoms.